The molecule has 1 saturated heterocycles. The van der Waals surface area contributed by atoms with Gasteiger partial charge in [-0.1, -0.05) is 41.4 Å². The highest BCUT2D eigenvalue weighted by molar-refractivity contribution is 9.10. The van der Waals surface area contributed by atoms with Crippen LogP contribution in [0.25, 0.3) is 10.9 Å². The number of carbonyl (C=O) groups excluding carboxylic acids is 1. The van der Waals surface area contributed by atoms with E-state index in [0.29, 0.717) is 45.3 Å². The molecule has 2 heterocycles. The lowest BCUT2D eigenvalue weighted by atomic mass is 10.0. The summed E-state index contributed by atoms with van der Waals surface area (Å²) in [6.07, 6.45) is 1.47. The maximum atomic E-state index is 12.6. The molecule has 1 fully saturated rings. The first-order chi connectivity index (χ1) is 10.4. The van der Waals surface area contributed by atoms with Crippen molar-refractivity contribution in [3.05, 3.63) is 43.6 Å². The van der Waals surface area contributed by atoms with Crippen molar-refractivity contribution in [2.45, 2.75) is 13.8 Å². The molecule has 4 nitrogen and oxygen atoms in total. The van der Waals surface area contributed by atoms with Crippen molar-refractivity contribution in [2.24, 2.45) is 11.8 Å². The van der Waals surface area contributed by atoms with Crippen molar-refractivity contribution in [1.29, 1.82) is 0 Å². The number of halogens is 2. The molecule has 1 aliphatic heterocycles. The van der Waals surface area contributed by atoms with Crippen LogP contribution >= 0.6 is 27.5 Å². The largest absolute Gasteiger partial charge is 0.359 e. The van der Waals surface area contributed by atoms with Crippen molar-refractivity contribution in [1.82, 2.24) is 9.88 Å². The number of nitrogens with zero attached hydrogens (tertiary/aromatic N) is 1. The zero-order chi connectivity index (χ0) is 16.0. The first kappa shape index (κ1) is 15.6. The quantitative estimate of drug-likeness (QED) is 0.817. The molecule has 0 radical (unpaired) electrons. The number of rotatable bonds is 1. The molecule has 116 valence electrons. The number of carbonyl (C=O) groups is 1. The van der Waals surface area contributed by atoms with Gasteiger partial charge in [0.25, 0.3) is 5.91 Å². The minimum Gasteiger partial charge on any atom is -0.359 e. The minimum atomic E-state index is -0.283. The van der Waals surface area contributed by atoms with Crippen LogP contribution in [0.3, 0.4) is 0 Å². The summed E-state index contributed by atoms with van der Waals surface area (Å²) in [5.74, 6) is 0.689. The Bertz CT molecular complexity index is 808. The first-order valence-electron chi connectivity index (χ1n) is 7.18. The first-order valence-corrected chi connectivity index (χ1v) is 8.35. The molecule has 1 amide bonds. The number of aromatic nitrogens is 1. The van der Waals surface area contributed by atoms with E-state index in [4.69, 9.17) is 11.6 Å². The number of amides is 1. The second-order valence-corrected chi connectivity index (χ2v) is 7.33. The molecule has 2 unspecified atom stereocenters. The highest BCUT2D eigenvalue weighted by atomic mass is 79.9. The summed E-state index contributed by atoms with van der Waals surface area (Å²) < 4.78 is 0.712. The van der Waals surface area contributed by atoms with E-state index in [1.54, 1.807) is 17.0 Å². The maximum Gasteiger partial charge on any atom is 0.259 e. The molecular formula is C16H16BrClN2O2. The Morgan fingerprint density at radius 2 is 1.95 bits per heavy atom. The lowest BCUT2D eigenvalue weighted by molar-refractivity contribution is 0.0783. The summed E-state index contributed by atoms with van der Waals surface area (Å²) in [5.41, 5.74) is 0.437. The highest BCUT2D eigenvalue weighted by Crippen LogP contribution is 2.26. The number of nitrogens with one attached hydrogen (secondary N) is 1. The smallest absolute Gasteiger partial charge is 0.259 e. The molecule has 1 aromatic heterocycles. The standard InChI is InChI=1S/C16H16BrClN2O2/c1-8-6-20(7-9(8)2)16(22)12-5-19-14-11(15(12)21)3-10(17)4-13(14)18/h3-5,8-9H,6-7H2,1-2H3,(H,19,21). The summed E-state index contributed by atoms with van der Waals surface area (Å²) in [5, 5.41) is 0.870. The predicted octanol–water partition coefficient (Wildman–Crippen LogP) is 3.67. The van der Waals surface area contributed by atoms with Gasteiger partial charge < -0.3 is 9.88 Å². The van der Waals surface area contributed by atoms with Crippen molar-refractivity contribution in [3.63, 3.8) is 0 Å². The molecule has 0 bridgehead atoms. The average Bonchev–Trinajstić information content (AvgIpc) is 2.79. The summed E-state index contributed by atoms with van der Waals surface area (Å²) in [6.45, 7) is 5.63. The second-order valence-electron chi connectivity index (χ2n) is 6.01. The Hall–Kier alpha value is -1.33. The van der Waals surface area contributed by atoms with Crippen LogP contribution in [-0.2, 0) is 0 Å². The average molecular weight is 384 g/mol. The summed E-state index contributed by atoms with van der Waals surface area (Å²) >= 11 is 9.46. The van der Waals surface area contributed by atoms with E-state index in [1.165, 1.54) is 6.20 Å². The summed E-state index contributed by atoms with van der Waals surface area (Å²) in [4.78, 5) is 30.0. The molecule has 1 aromatic carbocycles. The van der Waals surface area contributed by atoms with E-state index >= 15 is 0 Å². The number of fused-ring (bicyclic) bond motifs is 1. The Balaban J connectivity index is 2.07. The number of hydrogen-bond donors (Lipinski definition) is 1. The molecule has 0 aliphatic carbocycles. The van der Waals surface area contributed by atoms with Gasteiger partial charge in [-0.05, 0) is 24.0 Å². The zero-order valence-electron chi connectivity index (χ0n) is 12.3. The van der Waals surface area contributed by atoms with Crippen molar-refractivity contribution >= 4 is 44.3 Å². The number of benzene rings is 1. The molecule has 1 N–H and O–H groups in total. The minimum absolute atomic E-state index is 0.169. The van der Waals surface area contributed by atoms with Gasteiger partial charge in [0.1, 0.15) is 5.56 Å². The van der Waals surface area contributed by atoms with Gasteiger partial charge in [0.05, 0.1) is 10.5 Å². The van der Waals surface area contributed by atoms with E-state index < -0.39 is 0 Å². The van der Waals surface area contributed by atoms with Crippen LogP contribution in [0.2, 0.25) is 5.02 Å². The van der Waals surface area contributed by atoms with Crippen LogP contribution in [-0.4, -0.2) is 28.9 Å². The number of H-pyrrole nitrogens is 1. The van der Waals surface area contributed by atoms with Gasteiger partial charge in [0, 0.05) is 29.1 Å². The van der Waals surface area contributed by atoms with E-state index in [1.807, 2.05) is 0 Å². The Morgan fingerprint density at radius 3 is 2.59 bits per heavy atom. The lowest BCUT2D eigenvalue weighted by Gasteiger charge is -2.16. The van der Waals surface area contributed by atoms with E-state index in [2.05, 4.69) is 34.8 Å². The van der Waals surface area contributed by atoms with Gasteiger partial charge in [-0.25, -0.2) is 0 Å². The highest BCUT2D eigenvalue weighted by Gasteiger charge is 2.31. The van der Waals surface area contributed by atoms with Crippen LogP contribution in [0.4, 0.5) is 0 Å². The SMILES string of the molecule is CC1CN(C(=O)c2c[nH]c3c(Cl)cc(Br)cc3c2=O)CC1C. The van der Waals surface area contributed by atoms with Gasteiger partial charge in [0.15, 0.2) is 0 Å². The Kier molecular flexibility index (Phi) is 4.03. The molecule has 22 heavy (non-hydrogen) atoms. The lowest BCUT2D eigenvalue weighted by Crippen LogP contribution is -2.32. The summed E-state index contributed by atoms with van der Waals surface area (Å²) in [6, 6.07) is 3.40. The van der Waals surface area contributed by atoms with Crippen LogP contribution < -0.4 is 5.43 Å². The number of likely N-dealkylation sites (tertiary alicyclic amines) is 1. The van der Waals surface area contributed by atoms with Gasteiger partial charge in [-0.15, -0.1) is 0 Å². The Morgan fingerprint density at radius 1 is 1.32 bits per heavy atom. The molecular weight excluding hydrogens is 368 g/mol. The number of hydrogen-bond acceptors (Lipinski definition) is 2. The van der Waals surface area contributed by atoms with Crippen LogP contribution in [0.5, 0.6) is 0 Å². The fourth-order valence-electron chi connectivity index (χ4n) is 2.88. The molecule has 2 aromatic rings. The van der Waals surface area contributed by atoms with Gasteiger partial charge in [0.2, 0.25) is 5.43 Å². The molecule has 2 atom stereocenters. The molecule has 0 saturated carbocycles. The Labute approximate surface area is 141 Å². The fourth-order valence-corrected chi connectivity index (χ4v) is 3.74. The third-order valence-electron chi connectivity index (χ3n) is 4.41. The third-order valence-corrected chi connectivity index (χ3v) is 5.17. The number of aromatic amines is 1. The van der Waals surface area contributed by atoms with E-state index in [9.17, 15) is 9.59 Å². The monoisotopic (exact) mass is 382 g/mol. The van der Waals surface area contributed by atoms with E-state index in [0.717, 1.165) is 0 Å². The van der Waals surface area contributed by atoms with Crippen LogP contribution in [0, 0.1) is 11.8 Å². The van der Waals surface area contributed by atoms with Crippen molar-refractivity contribution in [3.8, 4) is 0 Å². The molecule has 0 spiro atoms. The van der Waals surface area contributed by atoms with Crippen LogP contribution in [0.15, 0.2) is 27.6 Å². The molecule has 6 heteroatoms. The normalized spacial score (nSPS) is 21.5. The van der Waals surface area contributed by atoms with Gasteiger partial charge >= 0.3 is 0 Å². The fraction of sp³-hybridized carbons (Fsp3) is 0.375. The zero-order valence-corrected chi connectivity index (χ0v) is 14.7. The molecule has 1 aliphatic rings. The number of pyridine rings is 1. The summed E-state index contributed by atoms with van der Waals surface area (Å²) in [7, 11) is 0. The third kappa shape index (κ3) is 2.57. The predicted molar refractivity (Wildman–Crippen MR) is 91.5 cm³/mol. The van der Waals surface area contributed by atoms with Gasteiger partial charge in [-0.3, -0.25) is 9.59 Å². The van der Waals surface area contributed by atoms with Gasteiger partial charge in [-0.2, -0.15) is 0 Å². The van der Waals surface area contributed by atoms with Crippen LogP contribution in [0.1, 0.15) is 24.2 Å². The van der Waals surface area contributed by atoms with Crippen molar-refractivity contribution in [2.75, 3.05) is 13.1 Å². The second kappa shape index (κ2) is 5.70. The van der Waals surface area contributed by atoms with Crippen molar-refractivity contribution < 1.29 is 4.79 Å². The molecule has 3 rings (SSSR count). The van der Waals surface area contributed by atoms with E-state index in [-0.39, 0.29) is 16.9 Å². The topological polar surface area (TPSA) is 53.2 Å². The maximum absolute atomic E-state index is 12.6.